The molecule has 1 fully saturated rings. The van der Waals surface area contributed by atoms with Crippen molar-refractivity contribution in [3.8, 4) is 0 Å². The maximum absolute atomic E-state index is 5.16. The van der Waals surface area contributed by atoms with E-state index < -0.39 is 0 Å². The minimum absolute atomic E-state index is 0.661. The van der Waals surface area contributed by atoms with Gasteiger partial charge in [-0.05, 0) is 46.2 Å². The molecule has 0 aromatic heterocycles. The number of nitrogens with zero attached hydrogens (tertiary/aromatic N) is 1. The largest absolute Gasteiger partial charge is 0.383 e. The van der Waals surface area contributed by atoms with Gasteiger partial charge in [0.1, 0.15) is 0 Å². The number of ether oxygens (including phenoxy) is 1. The van der Waals surface area contributed by atoms with Crippen molar-refractivity contribution >= 4 is 0 Å². The summed E-state index contributed by atoms with van der Waals surface area (Å²) in [6.45, 7) is 5.50. The van der Waals surface area contributed by atoms with E-state index in [2.05, 4.69) is 17.1 Å². The lowest BCUT2D eigenvalue weighted by molar-refractivity contribution is 0.142. The van der Waals surface area contributed by atoms with Crippen LogP contribution in [0.25, 0.3) is 0 Å². The van der Waals surface area contributed by atoms with E-state index in [-0.39, 0.29) is 0 Å². The number of unbranched alkanes of at least 4 members (excludes halogenated alkanes) is 1. The second kappa shape index (κ2) is 8.04. The third-order valence-corrected chi connectivity index (χ3v) is 3.47. The van der Waals surface area contributed by atoms with Crippen molar-refractivity contribution in [2.24, 2.45) is 0 Å². The Labute approximate surface area is 101 Å². The fraction of sp³-hybridized carbons (Fsp3) is 1.00. The summed E-state index contributed by atoms with van der Waals surface area (Å²) < 4.78 is 5.16. The second-order valence-corrected chi connectivity index (χ2v) is 4.95. The second-order valence-electron chi connectivity index (χ2n) is 4.95. The minimum Gasteiger partial charge on any atom is -0.383 e. The number of methoxy groups -OCH3 is 1. The molecule has 0 aromatic carbocycles. The molecule has 0 amide bonds. The summed E-state index contributed by atoms with van der Waals surface area (Å²) >= 11 is 0. The summed E-state index contributed by atoms with van der Waals surface area (Å²) in [5, 5.41) is 3.29. The Kier molecular flexibility index (Phi) is 7.01. The van der Waals surface area contributed by atoms with Gasteiger partial charge in [0.25, 0.3) is 0 Å². The Balaban J connectivity index is 2.03. The lowest BCUT2D eigenvalue weighted by atomic mass is 10.1. The molecular weight excluding hydrogens is 200 g/mol. The molecule has 0 radical (unpaired) electrons. The molecule has 0 bridgehead atoms. The minimum atomic E-state index is 0.661. The summed E-state index contributed by atoms with van der Waals surface area (Å²) in [5.74, 6) is 0. The molecule has 1 saturated carbocycles. The molecule has 1 aliphatic rings. The lowest BCUT2D eigenvalue weighted by Gasteiger charge is -2.21. The number of hydrogen-bond donors (Lipinski definition) is 1. The normalized spacial score (nSPS) is 18.0. The van der Waals surface area contributed by atoms with Crippen molar-refractivity contribution in [3.05, 3.63) is 0 Å². The van der Waals surface area contributed by atoms with Gasteiger partial charge in [0.2, 0.25) is 0 Å². The van der Waals surface area contributed by atoms with Crippen molar-refractivity contribution in [3.63, 3.8) is 0 Å². The first-order valence-electron chi connectivity index (χ1n) is 6.68. The van der Waals surface area contributed by atoms with E-state index in [0.29, 0.717) is 6.04 Å². The smallest absolute Gasteiger partial charge is 0.0589 e. The fourth-order valence-corrected chi connectivity index (χ4v) is 2.03. The standard InChI is InChI=1S/C13H28N2O/c1-12(14-2)6-4-5-9-15(10-11-16-3)13-7-8-13/h12-14H,4-11H2,1-3H3. The maximum atomic E-state index is 5.16. The van der Waals surface area contributed by atoms with E-state index in [4.69, 9.17) is 4.74 Å². The maximum Gasteiger partial charge on any atom is 0.0589 e. The van der Waals surface area contributed by atoms with Gasteiger partial charge in [0, 0.05) is 25.7 Å². The average molecular weight is 228 g/mol. The van der Waals surface area contributed by atoms with Gasteiger partial charge in [-0.2, -0.15) is 0 Å². The summed E-state index contributed by atoms with van der Waals surface area (Å²) in [6, 6.07) is 1.53. The monoisotopic (exact) mass is 228 g/mol. The van der Waals surface area contributed by atoms with Crippen molar-refractivity contribution in [1.29, 1.82) is 0 Å². The third kappa shape index (κ3) is 5.83. The van der Waals surface area contributed by atoms with E-state index >= 15 is 0 Å². The van der Waals surface area contributed by atoms with Gasteiger partial charge in [-0.1, -0.05) is 6.42 Å². The summed E-state index contributed by atoms with van der Waals surface area (Å²) in [4.78, 5) is 2.60. The van der Waals surface area contributed by atoms with Gasteiger partial charge in [0.05, 0.1) is 6.61 Å². The van der Waals surface area contributed by atoms with Crippen LogP contribution in [0.2, 0.25) is 0 Å². The van der Waals surface area contributed by atoms with Gasteiger partial charge in [-0.3, -0.25) is 4.90 Å². The van der Waals surface area contributed by atoms with Gasteiger partial charge in [-0.15, -0.1) is 0 Å². The van der Waals surface area contributed by atoms with Crippen LogP contribution in [0, 0.1) is 0 Å². The summed E-state index contributed by atoms with van der Waals surface area (Å²) in [5.41, 5.74) is 0. The van der Waals surface area contributed by atoms with Gasteiger partial charge >= 0.3 is 0 Å². The molecule has 0 aliphatic heterocycles. The van der Waals surface area contributed by atoms with E-state index in [0.717, 1.165) is 19.2 Å². The average Bonchev–Trinajstić information content (AvgIpc) is 3.11. The number of nitrogens with one attached hydrogen (secondary N) is 1. The molecule has 1 atom stereocenters. The zero-order chi connectivity index (χ0) is 11.8. The van der Waals surface area contributed by atoms with Crippen molar-refractivity contribution in [1.82, 2.24) is 10.2 Å². The van der Waals surface area contributed by atoms with Crippen LogP contribution < -0.4 is 5.32 Å². The van der Waals surface area contributed by atoms with Gasteiger partial charge < -0.3 is 10.1 Å². The highest BCUT2D eigenvalue weighted by molar-refractivity contribution is 4.84. The fourth-order valence-electron chi connectivity index (χ4n) is 2.03. The van der Waals surface area contributed by atoms with Crippen molar-refractivity contribution in [2.75, 3.05) is 33.9 Å². The molecule has 0 aromatic rings. The van der Waals surface area contributed by atoms with Gasteiger partial charge in [0.15, 0.2) is 0 Å². The molecule has 0 heterocycles. The van der Waals surface area contributed by atoms with Crippen molar-refractivity contribution in [2.45, 2.75) is 51.1 Å². The predicted molar refractivity (Wildman–Crippen MR) is 68.8 cm³/mol. The van der Waals surface area contributed by atoms with Crippen LogP contribution in [0.15, 0.2) is 0 Å². The third-order valence-electron chi connectivity index (χ3n) is 3.47. The highest BCUT2D eigenvalue weighted by Crippen LogP contribution is 2.26. The topological polar surface area (TPSA) is 24.5 Å². The molecule has 1 unspecified atom stereocenters. The van der Waals surface area contributed by atoms with Crippen molar-refractivity contribution < 1.29 is 4.74 Å². The molecule has 1 rings (SSSR count). The molecule has 3 nitrogen and oxygen atoms in total. The van der Waals surface area contributed by atoms with E-state index in [9.17, 15) is 0 Å². The molecule has 16 heavy (non-hydrogen) atoms. The Bertz CT molecular complexity index is 171. The van der Waals surface area contributed by atoms with Crippen LogP contribution >= 0.6 is 0 Å². The Hall–Kier alpha value is -0.120. The van der Waals surface area contributed by atoms with E-state index in [1.54, 1.807) is 7.11 Å². The quantitative estimate of drug-likeness (QED) is 0.578. The Morgan fingerprint density at radius 1 is 1.31 bits per heavy atom. The van der Waals surface area contributed by atoms with E-state index in [1.807, 2.05) is 7.05 Å². The molecule has 1 aliphatic carbocycles. The first-order chi connectivity index (χ1) is 7.77. The van der Waals surface area contributed by atoms with E-state index in [1.165, 1.54) is 38.6 Å². The van der Waals surface area contributed by atoms with Crippen LogP contribution in [0.5, 0.6) is 0 Å². The van der Waals surface area contributed by atoms with Crippen LogP contribution in [0.1, 0.15) is 39.0 Å². The Morgan fingerprint density at radius 2 is 2.06 bits per heavy atom. The predicted octanol–water partition coefficient (Wildman–Crippen LogP) is 1.88. The first kappa shape index (κ1) is 13.9. The summed E-state index contributed by atoms with van der Waals surface area (Å²) in [7, 11) is 3.83. The Morgan fingerprint density at radius 3 is 2.62 bits per heavy atom. The van der Waals surface area contributed by atoms with Crippen LogP contribution in [-0.4, -0.2) is 50.8 Å². The molecular formula is C13H28N2O. The van der Waals surface area contributed by atoms with Gasteiger partial charge in [-0.25, -0.2) is 0 Å². The van der Waals surface area contributed by atoms with Crippen LogP contribution in [-0.2, 0) is 4.74 Å². The number of rotatable bonds is 10. The lowest BCUT2D eigenvalue weighted by Crippen LogP contribution is -2.31. The highest BCUT2D eigenvalue weighted by atomic mass is 16.5. The molecule has 0 spiro atoms. The zero-order valence-corrected chi connectivity index (χ0v) is 11.2. The molecule has 3 heteroatoms. The molecule has 1 N–H and O–H groups in total. The molecule has 0 saturated heterocycles. The highest BCUT2D eigenvalue weighted by Gasteiger charge is 2.27. The van der Waals surface area contributed by atoms with Crippen LogP contribution in [0.4, 0.5) is 0 Å². The SMILES string of the molecule is CNC(C)CCCCN(CCOC)C1CC1. The van der Waals surface area contributed by atoms with Crippen LogP contribution in [0.3, 0.4) is 0 Å². The first-order valence-corrected chi connectivity index (χ1v) is 6.68. The molecule has 96 valence electrons. The number of hydrogen-bond acceptors (Lipinski definition) is 3. The summed E-state index contributed by atoms with van der Waals surface area (Å²) in [6.07, 6.45) is 6.75. The zero-order valence-electron chi connectivity index (χ0n) is 11.2.